The fraction of sp³-hybridized carbons (Fsp3) is 0.857. The molecule has 2 rings (SSSR count). The summed E-state index contributed by atoms with van der Waals surface area (Å²) in [5.74, 6) is 0. The number of nitrogens with zero attached hydrogens (tertiary/aromatic N) is 4. The summed E-state index contributed by atoms with van der Waals surface area (Å²) in [5, 5.41) is 19.0. The zero-order valence-electron chi connectivity index (χ0n) is 10.9. The first-order chi connectivity index (χ1) is 8.69. The van der Waals surface area contributed by atoms with Gasteiger partial charge in [-0.15, -0.1) is 0 Å². The highest BCUT2D eigenvalue weighted by atomic mass is 15.3. The van der Waals surface area contributed by atoms with Crippen LogP contribution >= 0.6 is 0 Å². The standard InChI is InChI=1S/C14H20N4/c15-11-13(7-3-1-4-8-13)18(17)14(12-16)9-5-2-6-10-14/h1-10H2. The Morgan fingerprint density at radius 2 is 1.06 bits per heavy atom. The summed E-state index contributed by atoms with van der Waals surface area (Å²) in [4.78, 5) is 0. The largest absolute Gasteiger partial charge is 0.504 e. The molecule has 2 aliphatic rings. The maximum absolute atomic E-state index is 10.6. The van der Waals surface area contributed by atoms with E-state index in [0.29, 0.717) is 25.7 Å². The van der Waals surface area contributed by atoms with Gasteiger partial charge in [0.05, 0.1) is 0 Å². The minimum Gasteiger partial charge on any atom is -0.504 e. The molecule has 18 heavy (non-hydrogen) atoms. The van der Waals surface area contributed by atoms with E-state index in [-0.39, 0.29) is 0 Å². The zero-order valence-corrected chi connectivity index (χ0v) is 10.9. The second-order valence-electron chi connectivity index (χ2n) is 5.72. The summed E-state index contributed by atoms with van der Waals surface area (Å²) in [5.41, 5.74) is 8.93. The monoisotopic (exact) mass is 244 g/mol. The van der Waals surface area contributed by atoms with E-state index < -0.39 is 11.1 Å². The van der Waals surface area contributed by atoms with Crippen LogP contribution in [0.1, 0.15) is 64.2 Å². The van der Waals surface area contributed by atoms with E-state index in [1.807, 2.05) is 0 Å². The number of nitriles is 2. The topological polar surface area (TPSA) is 72.9 Å². The van der Waals surface area contributed by atoms with Gasteiger partial charge < -0.3 is 5.53 Å². The molecule has 2 aliphatic carbocycles. The van der Waals surface area contributed by atoms with E-state index in [9.17, 15) is 16.1 Å². The molecule has 0 bridgehead atoms. The lowest BCUT2D eigenvalue weighted by Crippen LogP contribution is -2.53. The first-order valence-electron chi connectivity index (χ1n) is 7.01. The van der Waals surface area contributed by atoms with Gasteiger partial charge in [-0.2, -0.15) is 10.5 Å². The molecule has 0 saturated heterocycles. The molecule has 2 saturated carbocycles. The van der Waals surface area contributed by atoms with Crippen molar-refractivity contribution in [3.63, 3.8) is 0 Å². The molecule has 0 unspecified atom stereocenters. The van der Waals surface area contributed by atoms with E-state index in [0.717, 1.165) is 43.2 Å². The van der Waals surface area contributed by atoms with Crippen LogP contribution in [0.25, 0.3) is 5.53 Å². The third-order valence-electron chi connectivity index (χ3n) is 4.59. The van der Waals surface area contributed by atoms with Crippen molar-refractivity contribution >= 4 is 0 Å². The van der Waals surface area contributed by atoms with Crippen molar-refractivity contribution in [2.24, 2.45) is 0 Å². The molecule has 96 valence electrons. The first kappa shape index (κ1) is 13.0. The summed E-state index contributed by atoms with van der Waals surface area (Å²) in [7, 11) is 0. The molecule has 0 aromatic rings. The van der Waals surface area contributed by atoms with Gasteiger partial charge in [0, 0.05) is 25.7 Å². The quantitative estimate of drug-likeness (QED) is 0.551. The molecule has 0 amide bonds. The maximum atomic E-state index is 10.6. The normalized spacial score (nSPS) is 25.7. The highest BCUT2D eigenvalue weighted by Gasteiger charge is 2.51. The highest BCUT2D eigenvalue weighted by molar-refractivity contribution is 5.09. The van der Waals surface area contributed by atoms with Crippen LogP contribution in [0, 0.1) is 22.7 Å². The molecule has 4 nitrogen and oxygen atoms in total. The number of hydrogen-bond donors (Lipinski definition) is 0. The number of hydrogen-bond acceptors (Lipinski definition) is 2. The van der Waals surface area contributed by atoms with Gasteiger partial charge in [0.15, 0.2) is 0 Å². The smallest absolute Gasteiger partial charge is 0.238 e. The van der Waals surface area contributed by atoms with Crippen molar-refractivity contribution in [1.29, 1.82) is 10.5 Å². The molecule has 0 heterocycles. The second-order valence-corrected chi connectivity index (χ2v) is 5.72. The van der Waals surface area contributed by atoms with Crippen LogP contribution in [-0.4, -0.2) is 15.8 Å². The van der Waals surface area contributed by atoms with Crippen LogP contribution in [0.15, 0.2) is 0 Å². The third-order valence-corrected chi connectivity index (χ3v) is 4.59. The van der Waals surface area contributed by atoms with Crippen molar-refractivity contribution in [3.8, 4) is 12.1 Å². The van der Waals surface area contributed by atoms with E-state index in [1.165, 1.54) is 0 Å². The second kappa shape index (κ2) is 5.06. The Balaban J connectivity index is 2.28. The molecule has 2 fully saturated rings. The van der Waals surface area contributed by atoms with Crippen molar-refractivity contribution in [3.05, 3.63) is 5.53 Å². The summed E-state index contributed by atoms with van der Waals surface area (Å²) >= 11 is 0. The van der Waals surface area contributed by atoms with Crippen molar-refractivity contribution in [2.45, 2.75) is 75.3 Å². The molecule has 4 heteroatoms. The zero-order chi connectivity index (χ0) is 13.1. The van der Waals surface area contributed by atoms with E-state index in [1.54, 1.807) is 0 Å². The molecular weight excluding hydrogens is 224 g/mol. The van der Waals surface area contributed by atoms with Gasteiger partial charge in [-0.25, -0.2) is 0 Å². The Labute approximate surface area is 109 Å². The van der Waals surface area contributed by atoms with Gasteiger partial charge in [0.25, 0.3) is 0 Å². The Bertz CT molecular complexity index is 362. The summed E-state index contributed by atoms with van der Waals surface area (Å²) < 4.78 is 1.15. The van der Waals surface area contributed by atoms with Gasteiger partial charge in [0.2, 0.25) is 11.1 Å². The van der Waals surface area contributed by atoms with Crippen LogP contribution in [-0.2, 0) is 0 Å². The summed E-state index contributed by atoms with van der Waals surface area (Å²) in [6, 6.07) is 4.60. The average molecular weight is 244 g/mol. The minimum atomic E-state index is -0.828. The van der Waals surface area contributed by atoms with Crippen molar-refractivity contribution in [2.75, 3.05) is 0 Å². The van der Waals surface area contributed by atoms with Crippen LogP contribution < -0.4 is 0 Å². The maximum Gasteiger partial charge on any atom is 0.238 e. The molecule has 0 aromatic heterocycles. The molecule has 0 aromatic carbocycles. The van der Waals surface area contributed by atoms with Gasteiger partial charge >= 0.3 is 0 Å². The average Bonchev–Trinajstić information content (AvgIpc) is 2.48. The van der Waals surface area contributed by atoms with Crippen molar-refractivity contribution < 1.29 is 4.70 Å². The van der Waals surface area contributed by atoms with Gasteiger partial charge in [-0.1, -0.05) is 12.8 Å². The predicted molar refractivity (Wildman–Crippen MR) is 66.5 cm³/mol. The lowest BCUT2D eigenvalue weighted by Gasteiger charge is -2.40. The summed E-state index contributed by atoms with van der Waals surface area (Å²) in [6.45, 7) is 0. The fourth-order valence-electron chi connectivity index (χ4n) is 3.42. The Kier molecular flexibility index (Phi) is 3.66. The Morgan fingerprint density at radius 1 is 0.722 bits per heavy atom. The van der Waals surface area contributed by atoms with Crippen LogP contribution in [0.4, 0.5) is 0 Å². The lowest BCUT2D eigenvalue weighted by atomic mass is 9.76. The van der Waals surface area contributed by atoms with Gasteiger partial charge in [0.1, 0.15) is 12.1 Å². The van der Waals surface area contributed by atoms with Crippen LogP contribution in [0.5, 0.6) is 0 Å². The van der Waals surface area contributed by atoms with E-state index in [4.69, 9.17) is 0 Å². The molecule has 0 radical (unpaired) electrons. The molecule has 0 N–H and O–H groups in total. The van der Waals surface area contributed by atoms with Crippen LogP contribution in [0.3, 0.4) is 0 Å². The highest BCUT2D eigenvalue weighted by Crippen LogP contribution is 2.39. The Morgan fingerprint density at radius 3 is 1.33 bits per heavy atom. The Hall–Kier alpha value is -1.42. The SMILES string of the molecule is N#CC1([N+](=[N-])C2(C#N)CCCCC2)CCCCC1. The first-order valence-corrected chi connectivity index (χ1v) is 7.01. The van der Waals surface area contributed by atoms with Gasteiger partial charge in [-0.3, -0.25) is 4.70 Å². The minimum absolute atomic E-state index is 0.684. The van der Waals surface area contributed by atoms with Gasteiger partial charge in [-0.05, 0) is 25.7 Å². The third kappa shape index (κ3) is 2.01. The summed E-state index contributed by atoms with van der Waals surface area (Å²) in [6.07, 6.45) is 8.84. The molecule has 0 spiro atoms. The lowest BCUT2D eigenvalue weighted by molar-refractivity contribution is -0.675. The fourth-order valence-corrected chi connectivity index (χ4v) is 3.42. The molecular formula is C14H20N4. The van der Waals surface area contributed by atoms with Crippen molar-refractivity contribution in [1.82, 2.24) is 0 Å². The van der Waals surface area contributed by atoms with E-state index in [2.05, 4.69) is 12.1 Å². The van der Waals surface area contributed by atoms with Crippen LogP contribution in [0.2, 0.25) is 0 Å². The molecule has 0 atom stereocenters. The predicted octanol–water partition coefficient (Wildman–Crippen LogP) is 3.47. The number of rotatable bonds is 2. The molecule has 0 aliphatic heterocycles. The van der Waals surface area contributed by atoms with E-state index >= 15 is 0 Å².